The molecule has 0 aliphatic rings. The summed E-state index contributed by atoms with van der Waals surface area (Å²) in [5, 5.41) is 7.46. The van der Waals surface area contributed by atoms with E-state index in [0.29, 0.717) is 5.56 Å². The average Bonchev–Trinajstić information content (AvgIpc) is 3.32. The minimum Gasteiger partial charge on any atom is -0.319 e. The van der Waals surface area contributed by atoms with Crippen molar-refractivity contribution >= 4 is 11.6 Å². The van der Waals surface area contributed by atoms with Crippen LogP contribution < -0.4 is 5.32 Å². The maximum absolute atomic E-state index is 13.9. The van der Waals surface area contributed by atoms with Gasteiger partial charge in [-0.2, -0.15) is 5.10 Å². The first-order valence-corrected chi connectivity index (χ1v) is 10.6. The van der Waals surface area contributed by atoms with Gasteiger partial charge in [0.25, 0.3) is 5.91 Å². The van der Waals surface area contributed by atoms with Crippen molar-refractivity contribution in [2.45, 2.75) is 0 Å². The predicted molar refractivity (Wildman–Crippen MR) is 129 cm³/mol. The standard InChI is InChI=1S/C28H20FN3O/c29-24-13-7-8-14-25(24)30-28(33)22-15-17-23(18-16-22)32-27(21-11-5-2-6-12-21)19-26(31-32)20-9-3-1-4-10-20/h1-19H,(H,30,33). The van der Waals surface area contributed by atoms with E-state index >= 15 is 0 Å². The van der Waals surface area contributed by atoms with E-state index in [-0.39, 0.29) is 11.6 Å². The predicted octanol–water partition coefficient (Wildman–Crippen LogP) is 6.60. The highest BCUT2D eigenvalue weighted by Crippen LogP contribution is 2.29. The van der Waals surface area contributed by atoms with Gasteiger partial charge in [-0.25, -0.2) is 9.07 Å². The van der Waals surface area contributed by atoms with Gasteiger partial charge >= 0.3 is 0 Å². The number of carbonyl (C=O) groups excluding carboxylic acids is 1. The molecular formula is C28H20FN3O. The van der Waals surface area contributed by atoms with Crippen molar-refractivity contribution in [3.8, 4) is 28.2 Å². The number of benzene rings is 4. The molecule has 0 fully saturated rings. The Bertz CT molecular complexity index is 1390. The average molecular weight is 433 g/mol. The molecule has 33 heavy (non-hydrogen) atoms. The highest BCUT2D eigenvalue weighted by atomic mass is 19.1. The summed E-state index contributed by atoms with van der Waals surface area (Å²) in [4.78, 5) is 12.6. The molecule has 0 aliphatic carbocycles. The van der Waals surface area contributed by atoms with E-state index in [4.69, 9.17) is 5.10 Å². The summed E-state index contributed by atoms with van der Waals surface area (Å²) in [6, 6.07) is 35.3. The van der Waals surface area contributed by atoms with Crippen LogP contribution in [0.3, 0.4) is 0 Å². The largest absolute Gasteiger partial charge is 0.319 e. The quantitative estimate of drug-likeness (QED) is 0.340. The Kier molecular flexibility index (Phi) is 5.52. The molecule has 160 valence electrons. The number of nitrogens with one attached hydrogen (secondary N) is 1. The molecule has 5 heteroatoms. The maximum atomic E-state index is 13.9. The number of aromatic nitrogens is 2. The van der Waals surface area contributed by atoms with Crippen LogP contribution in [-0.2, 0) is 0 Å². The van der Waals surface area contributed by atoms with Crippen molar-refractivity contribution in [2.24, 2.45) is 0 Å². The van der Waals surface area contributed by atoms with Crippen molar-refractivity contribution in [1.29, 1.82) is 0 Å². The molecule has 0 unspecified atom stereocenters. The molecule has 0 saturated carbocycles. The Morgan fingerprint density at radius 3 is 2.00 bits per heavy atom. The van der Waals surface area contributed by atoms with Crippen LogP contribution >= 0.6 is 0 Å². The van der Waals surface area contributed by atoms with Crippen LogP contribution in [0.1, 0.15) is 10.4 Å². The number of hydrogen-bond acceptors (Lipinski definition) is 2. The monoisotopic (exact) mass is 433 g/mol. The summed E-state index contributed by atoms with van der Waals surface area (Å²) in [7, 11) is 0. The fourth-order valence-corrected chi connectivity index (χ4v) is 3.65. The third-order valence-corrected chi connectivity index (χ3v) is 5.34. The minimum atomic E-state index is -0.472. The lowest BCUT2D eigenvalue weighted by molar-refractivity contribution is 0.102. The molecule has 5 aromatic rings. The third-order valence-electron chi connectivity index (χ3n) is 5.34. The molecule has 4 nitrogen and oxygen atoms in total. The topological polar surface area (TPSA) is 46.9 Å². The van der Waals surface area contributed by atoms with Gasteiger partial charge in [-0.1, -0.05) is 72.8 Å². The molecule has 0 aliphatic heterocycles. The van der Waals surface area contributed by atoms with Gasteiger partial charge in [0.1, 0.15) is 5.82 Å². The van der Waals surface area contributed by atoms with Gasteiger partial charge in [0.05, 0.1) is 22.8 Å². The third kappa shape index (κ3) is 4.29. The summed E-state index contributed by atoms with van der Waals surface area (Å²) < 4.78 is 15.7. The summed E-state index contributed by atoms with van der Waals surface area (Å²) in [5.74, 6) is -0.847. The first-order valence-electron chi connectivity index (χ1n) is 10.6. The molecule has 1 aromatic heterocycles. The summed E-state index contributed by atoms with van der Waals surface area (Å²) in [6.07, 6.45) is 0. The molecule has 0 radical (unpaired) electrons. The second-order valence-corrected chi connectivity index (χ2v) is 7.54. The molecule has 5 rings (SSSR count). The summed E-state index contributed by atoms with van der Waals surface area (Å²) in [5.41, 5.74) is 5.26. The molecule has 1 N–H and O–H groups in total. The van der Waals surface area contributed by atoms with Crippen LogP contribution in [0.2, 0.25) is 0 Å². The number of halogens is 1. The van der Waals surface area contributed by atoms with E-state index in [1.807, 2.05) is 77.5 Å². The zero-order valence-corrected chi connectivity index (χ0v) is 17.7. The van der Waals surface area contributed by atoms with Crippen LogP contribution in [0, 0.1) is 5.82 Å². The molecule has 0 bridgehead atoms. The first kappa shape index (κ1) is 20.4. The highest BCUT2D eigenvalue weighted by molar-refractivity contribution is 6.04. The Morgan fingerprint density at radius 1 is 0.727 bits per heavy atom. The van der Waals surface area contributed by atoms with Gasteiger partial charge in [-0.3, -0.25) is 4.79 Å². The Morgan fingerprint density at radius 2 is 1.33 bits per heavy atom. The van der Waals surface area contributed by atoms with E-state index in [2.05, 4.69) is 11.4 Å². The number of hydrogen-bond donors (Lipinski definition) is 1. The van der Waals surface area contributed by atoms with E-state index < -0.39 is 5.82 Å². The van der Waals surface area contributed by atoms with E-state index in [1.54, 1.807) is 24.3 Å². The number of nitrogens with zero attached hydrogens (tertiary/aromatic N) is 2. The molecule has 0 spiro atoms. The number of para-hydroxylation sites is 1. The zero-order chi connectivity index (χ0) is 22.6. The SMILES string of the molecule is O=C(Nc1ccccc1F)c1ccc(-n2nc(-c3ccccc3)cc2-c2ccccc2)cc1. The highest BCUT2D eigenvalue weighted by Gasteiger charge is 2.14. The van der Waals surface area contributed by atoms with Crippen LogP contribution in [0.5, 0.6) is 0 Å². The number of anilines is 1. The van der Waals surface area contributed by atoms with Crippen molar-refractivity contribution in [3.05, 3.63) is 127 Å². The Hall–Kier alpha value is -4.51. The smallest absolute Gasteiger partial charge is 0.255 e. The van der Waals surface area contributed by atoms with Gasteiger partial charge in [0.2, 0.25) is 0 Å². The molecule has 1 amide bonds. The van der Waals surface area contributed by atoms with Crippen LogP contribution in [-0.4, -0.2) is 15.7 Å². The summed E-state index contributed by atoms with van der Waals surface area (Å²) >= 11 is 0. The van der Waals surface area contributed by atoms with Crippen molar-refractivity contribution in [1.82, 2.24) is 9.78 Å². The van der Waals surface area contributed by atoms with Crippen molar-refractivity contribution < 1.29 is 9.18 Å². The number of carbonyl (C=O) groups is 1. The lowest BCUT2D eigenvalue weighted by atomic mass is 10.1. The van der Waals surface area contributed by atoms with Gasteiger partial charge in [-0.05, 0) is 42.5 Å². The second kappa shape index (κ2) is 8.93. The minimum absolute atomic E-state index is 0.150. The van der Waals surface area contributed by atoms with Crippen molar-refractivity contribution in [3.63, 3.8) is 0 Å². The first-order chi connectivity index (χ1) is 16.2. The molecular weight excluding hydrogens is 413 g/mol. The fourth-order valence-electron chi connectivity index (χ4n) is 3.65. The second-order valence-electron chi connectivity index (χ2n) is 7.54. The van der Waals surface area contributed by atoms with Crippen LogP contribution in [0.25, 0.3) is 28.2 Å². The van der Waals surface area contributed by atoms with Gasteiger partial charge in [-0.15, -0.1) is 0 Å². The van der Waals surface area contributed by atoms with Crippen LogP contribution in [0.4, 0.5) is 10.1 Å². The number of amides is 1. The van der Waals surface area contributed by atoms with Crippen LogP contribution in [0.15, 0.2) is 115 Å². The normalized spacial score (nSPS) is 10.7. The zero-order valence-electron chi connectivity index (χ0n) is 17.7. The molecule has 0 atom stereocenters. The van der Waals surface area contributed by atoms with E-state index in [9.17, 15) is 9.18 Å². The van der Waals surface area contributed by atoms with Gasteiger partial charge in [0.15, 0.2) is 0 Å². The maximum Gasteiger partial charge on any atom is 0.255 e. The number of rotatable bonds is 5. The van der Waals surface area contributed by atoms with E-state index in [1.165, 1.54) is 12.1 Å². The molecule has 1 heterocycles. The molecule has 4 aromatic carbocycles. The van der Waals surface area contributed by atoms with E-state index in [0.717, 1.165) is 28.2 Å². The molecule has 0 saturated heterocycles. The summed E-state index contributed by atoms with van der Waals surface area (Å²) in [6.45, 7) is 0. The Balaban J connectivity index is 1.49. The lowest BCUT2D eigenvalue weighted by Gasteiger charge is -2.09. The fraction of sp³-hybridized carbons (Fsp3) is 0. The van der Waals surface area contributed by atoms with Crippen molar-refractivity contribution in [2.75, 3.05) is 5.32 Å². The lowest BCUT2D eigenvalue weighted by Crippen LogP contribution is -2.13. The Labute approximate surface area is 191 Å². The van der Waals surface area contributed by atoms with Gasteiger partial charge < -0.3 is 5.32 Å². The van der Waals surface area contributed by atoms with Gasteiger partial charge in [0, 0.05) is 16.7 Å².